The van der Waals surface area contributed by atoms with Gasteiger partial charge in [0, 0.05) is 25.2 Å². The third kappa shape index (κ3) is 4.79. The molecule has 2 N–H and O–H groups in total. The summed E-state index contributed by atoms with van der Waals surface area (Å²) in [6.07, 6.45) is -2.50. The van der Waals surface area contributed by atoms with Crippen LogP contribution >= 0.6 is 0 Å². The number of aliphatic hydroxyl groups excluding tert-OH is 1. The number of rotatable bonds is 7. The largest absolute Gasteiger partial charge is 0.416 e. The van der Waals surface area contributed by atoms with Crippen LogP contribution in [0.4, 0.5) is 13.2 Å². The maximum atomic E-state index is 13.2. The van der Waals surface area contributed by atoms with Crippen molar-refractivity contribution >= 4 is 15.9 Å². The van der Waals surface area contributed by atoms with E-state index < -0.39 is 27.8 Å². The Balaban J connectivity index is 1.78. The van der Waals surface area contributed by atoms with E-state index in [1.54, 1.807) is 11.9 Å². The van der Waals surface area contributed by atoms with Crippen molar-refractivity contribution < 1.29 is 31.5 Å². The molecule has 1 atom stereocenters. The quantitative estimate of drug-likeness (QED) is 0.658. The molecule has 30 heavy (non-hydrogen) atoms. The number of likely N-dealkylation sites (tertiary alicyclic amines) is 1. The number of nitrogens with zero attached hydrogens (tertiary/aromatic N) is 2. The van der Waals surface area contributed by atoms with E-state index in [0.717, 1.165) is 12.1 Å². The first-order valence-corrected chi connectivity index (χ1v) is 11.3. The van der Waals surface area contributed by atoms with Gasteiger partial charge >= 0.3 is 6.18 Å². The molecule has 11 heteroatoms. The van der Waals surface area contributed by atoms with Gasteiger partial charge in [0.25, 0.3) is 0 Å². The van der Waals surface area contributed by atoms with Crippen molar-refractivity contribution in [1.82, 2.24) is 14.5 Å². The van der Waals surface area contributed by atoms with Crippen LogP contribution in [0, 0.1) is 0 Å². The van der Waals surface area contributed by atoms with Crippen molar-refractivity contribution in [2.24, 2.45) is 0 Å². The Kier molecular flexibility index (Phi) is 6.75. The Labute approximate surface area is 173 Å². The molecule has 1 aliphatic carbocycles. The smallest absolute Gasteiger partial charge is 0.394 e. The molecule has 1 aliphatic heterocycles. The van der Waals surface area contributed by atoms with Gasteiger partial charge in [0.1, 0.15) is 6.04 Å². The summed E-state index contributed by atoms with van der Waals surface area (Å²) in [7, 11) is -2.53. The monoisotopic (exact) mass is 449 g/mol. The van der Waals surface area contributed by atoms with E-state index in [0.29, 0.717) is 44.8 Å². The molecule has 2 aliphatic rings. The molecular formula is C19H26F3N3O4S. The molecule has 2 fully saturated rings. The minimum Gasteiger partial charge on any atom is -0.394 e. The van der Waals surface area contributed by atoms with Crippen LogP contribution in [0.1, 0.15) is 31.2 Å². The van der Waals surface area contributed by atoms with Crippen LogP contribution < -0.4 is 5.32 Å². The number of halogens is 3. The van der Waals surface area contributed by atoms with Gasteiger partial charge in [-0.1, -0.05) is 6.07 Å². The first-order chi connectivity index (χ1) is 14.1. The third-order valence-electron chi connectivity index (χ3n) is 5.61. The van der Waals surface area contributed by atoms with Crippen molar-refractivity contribution in [3.63, 3.8) is 0 Å². The van der Waals surface area contributed by atoms with Gasteiger partial charge < -0.3 is 15.3 Å². The minimum absolute atomic E-state index is 0.223. The van der Waals surface area contributed by atoms with Crippen molar-refractivity contribution in [1.29, 1.82) is 0 Å². The van der Waals surface area contributed by atoms with E-state index in [4.69, 9.17) is 0 Å². The summed E-state index contributed by atoms with van der Waals surface area (Å²) in [5.74, 6) is -0.253. The Morgan fingerprint density at radius 3 is 2.33 bits per heavy atom. The van der Waals surface area contributed by atoms with Crippen LogP contribution in [0.25, 0.3) is 0 Å². The SMILES string of the molecule is CNC(CO)C(=O)N1CCC(N(C2CC2)S(=O)(=O)c2cccc(C(F)(F)F)c2)CC1. The summed E-state index contributed by atoms with van der Waals surface area (Å²) in [6, 6.07) is 2.51. The van der Waals surface area contributed by atoms with Crippen molar-refractivity contribution in [2.75, 3.05) is 26.7 Å². The fourth-order valence-electron chi connectivity index (χ4n) is 3.83. The molecular weight excluding hydrogens is 423 g/mol. The van der Waals surface area contributed by atoms with Gasteiger partial charge in [0.15, 0.2) is 0 Å². The highest BCUT2D eigenvalue weighted by Gasteiger charge is 2.44. The lowest BCUT2D eigenvalue weighted by Gasteiger charge is -2.39. The van der Waals surface area contributed by atoms with Gasteiger partial charge in [0.05, 0.1) is 17.1 Å². The molecule has 1 heterocycles. The summed E-state index contributed by atoms with van der Waals surface area (Å²) < 4.78 is 67.0. The number of hydrogen-bond donors (Lipinski definition) is 2. The molecule has 1 aromatic carbocycles. The highest BCUT2D eigenvalue weighted by molar-refractivity contribution is 7.89. The van der Waals surface area contributed by atoms with E-state index in [1.807, 2.05) is 0 Å². The molecule has 0 spiro atoms. The predicted octanol–water partition coefficient (Wildman–Crippen LogP) is 1.43. The van der Waals surface area contributed by atoms with E-state index in [1.165, 1.54) is 10.4 Å². The number of hydrogen-bond acceptors (Lipinski definition) is 5. The molecule has 168 valence electrons. The normalized spacial score (nSPS) is 19.9. The van der Waals surface area contributed by atoms with Crippen LogP contribution in [0.5, 0.6) is 0 Å². The molecule has 1 saturated heterocycles. The fraction of sp³-hybridized carbons (Fsp3) is 0.632. The lowest BCUT2D eigenvalue weighted by Crippen LogP contribution is -2.53. The minimum atomic E-state index is -4.63. The molecule has 1 unspecified atom stereocenters. The third-order valence-corrected chi connectivity index (χ3v) is 7.61. The number of sulfonamides is 1. The number of carbonyl (C=O) groups excluding carboxylic acids is 1. The zero-order valence-electron chi connectivity index (χ0n) is 16.6. The van der Waals surface area contributed by atoms with E-state index >= 15 is 0 Å². The van der Waals surface area contributed by atoms with Gasteiger partial charge in [-0.05, 0) is 50.9 Å². The van der Waals surface area contributed by atoms with Gasteiger partial charge in [-0.25, -0.2) is 8.42 Å². The maximum absolute atomic E-state index is 13.2. The average Bonchev–Trinajstić information content (AvgIpc) is 3.53. The van der Waals surface area contributed by atoms with Crippen molar-refractivity contribution in [3.05, 3.63) is 29.8 Å². The lowest BCUT2D eigenvalue weighted by atomic mass is 10.0. The van der Waals surface area contributed by atoms with Crippen LogP contribution in [-0.2, 0) is 21.0 Å². The Morgan fingerprint density at radius 1 is 1.23 bits per heavy atom. The van der Waals surface area contributed by atoms with Gasteiger partial charge in [-0.2, -0.15) is 17.5 Å². The zero-order valence-corrected chi connectivity index (χ0v) is 17.4. The predicted molar refractivity (Wildman–Crippen MR) is 103 cm³/mol. The van der Waals surface area contributed by atoms with Gasteiger partial charge in [-0.15, -0.1) is 0 Å². The number of nitrogens with one attached hydrogen (secondary N) is 1. The Morgan fingerprint density at radius 2 is 1.83 bits per heavy atom. The Bertz CT molecular complexity index is 862. The maximum Gasteiger partial charge on any atom is 0.416 e. The number of piperidine rings is 1. The van der Waals surface area contributed by atoms with Gasteiger partial charge in [-0.3, -0.25) is 4.79 Å². The summed E-state index contributed by atoms with van der Waals surface area (Å²) >= 11 is 0. The summed E-state index contributed by atoms with van der Waals surface area (Å²) in [5.41, 5.74) is -0.998. The van der Waals surface area contributed by atoms with Crippen LogP contribution in [-0.4, -0.2) is 73.5 Å². The summed E-state index contributed by atoms with van der Waals surface area (Å²) in [6.45, 7) is 0.305. The molecule has 1 amide bonds. The molecule has 3 rings (SSSR count). The van der Waals surface area contributed by atoms with E-state index in [9.17, 15) is 31.5 Å². The van der Waals surface area contributed by atoms with Crippen LogP contribution in [0.3, 0.4) is 0 Å². The lowest BCUT2D eigenvalue weighted by molar-refractivity contribution is -0.138. The number of benzene rings is 1. The van der Waals surface area contributed by atoms with E-state index in [2.05, 4.69) is 5.32 Å². The first kappa shape index (κ1) is 23.0. The standard InChI is InChI=1S/C19H26F3N3O4S/c1-23-17(12-26)18(27)24-9-7-15(8-10-24)25(14-5-6-14)30(28,29)16-4-2-3-13(11-16)19(20,21)22/h2-4,11,14-15,17,23,26H,5-10,12H2,1H3. The molecule has 1 saturated carbocycles. The number of alkyl halides is 3. The van der Waals surface area contributed by atoms with E-state index in [-0.39, 0.29) is 29.5 Å². The molecule has 0 bridgehead atoms. The second kappa shape index (κ2) is 8.81. The van der Waals surface area contributed by atoms with Crippen LogP contribution in [0.2, 0.25) is 0 Å². The second-order valence-electron chi connectivity index (χ2n) is 7.67. The highest BCUT2D eigenvalue weighted by Crippen LogP contribution is 2.38. The zero-order chi connectivity index (χ0) is 22.1. The molecule has 0 radical (unpaired) electrons. The second-order valence-corrected chi connectivity index (χ2v) is 9.52. The summed E-state index contributed by atoms with van der Waals surface area (Å²) in [5, 5.41) is 12.0. The van der Waals surface area contributed by atoms with Crippen molar-refractivity contribution in [2.45, 2.75) is 54.9 Å². The first-order valence-electron chi connectivity index (χ1n) is 9.87. The van der Waals surface area contributed by atoms with Crippen LogP contribution in [0.15, 0.2) is 29.2 Å². The number of amides is 1. The Hall–Kier alpha value is -1.69. The molecule has 0 aromatic heterocycles. The number of aliphatic hydroxyl groups is 1. The fourth-order valence-corrected chi connectivity index (χ4v) is 5.80. The van der Waals surface area contributed by atoms with Gasteiger partial charge in [0.2, 0.25) is 15.9 Å². The molecule has 7 nitrogen and oxygen atoms in total. The topological polar surface area (TPSA) is 89.9 Å². The summed E-state index contributed by atoms with van der Waals surface area (Å²) in [4.78, 5) is 13.6. The van der Waals surface area contributed by atoms with Crippen molar-refractivity contribution in [3.8, 4) is 0 Å². The number of carbonyl (C=O) groups is 1. The molecule has 1 aromatic rings. The number of likely N-dealkylation sites (N-methyl/N-ethyl adjacent to an activating group) is 1. The highest BCUT2D eigenvalue weighted by atomic mass is 32.2. The average molecular weight is 449 g/mol.